The molecular weight excluding hydrogens is 442 g/mol. The van der Waals surface area contributed by atoms with E-state index in [9.17, 15) is 9.59 Å². The van der Waals surface area contributed by atoms with Crippen molar-refractivity contribution >= 4 is 22.7 Å². The first-order valence-electron chi connectivity index (χ1n) is 12.4. The first-order valence-corrected chi connectivity index (χ1v) is 12.4. The molecule has 2 aliphatic rings. The van der Waals surface area contributed by atoms with Gasteiger partial charge in [-0.3, -0.25) is 9.59 Å². The van der Waals surface area contributed by atoms with Crippen LogP contribution in [0.1, 0.15) is 56.9 Å². The molecule has 2 amide bonds. The number of fused-ring (bicyclic) bond motifs is 5. The van der Waals surface area contributed by atoms with Crippen molar-refractivity contribution in [3.8, 4) is 11.5 Å². The highest BCUT2D eigenvalue weighted by Gasteiger charge is 2.57. The number of carbonyl (C=O) groups is 2. The smallest absolute Gasteiger partial charge is 0.255 e. The summed E-state index contributed by atoms with van der Waals surface area (Å²) >= 11 is 0. The molecular formula is C28H33N3O4. The highest BCUT2D eigenvalue weighted by molar-refractivity contribution is 6.01. The maximum atomic E-state index is 14.0. The highest BCUT2D eigenvalue weighted by atomic mass is 16.5. The molecule has 0 radical (unpaired) electrons. The lowest BCUT2D eigenvalue weighted by Crippen LogP contribution is -2.68. The van der Waals surface area contributed by atoms with Crippen LogP contribution in [0.2, 0.25) is 0 Å². The third-order valence-electron chi connectivity index (χ3n) is 7.79. The van der Waals surface area contributed by atoms with E-state index in [1.165, 1.54) is 0 Å². The molecule has 2 aliphatic heterocycles. The summed E-state index contributed by atoms with van der Waals surface area (Å²) in [7, 11) is 1.63. The van der Waals surface area contributed by atoms with E-state index >= 15 is 0 Å². The molecule has 1 saturated heterocycles. The first kappa shape index (κ1) is 23.3. The van der Waals surface area contributed by atoms with Gasteiger partial charge in [0.25, 0.3) is 5.91 Å². The Morgan fingerprint density at radius 2 is 1.91 bits per heavy atom. The van der Waals surface area contributed by atoms with Crippen LogP contribution >= 0.6 is 0 Å². The predicted molar refractivity (Wildman–Crippen MR) is 135 cm³/mol. The van der Waals surface area contributed by atoms with Crippen LogP contribution in [0.3, 0.4) is 0 Å². The summed E-state index contributed by atoms with van der Waals surface area (Å²) in [5.41, 5.74) is 2.62. The first-order chi connectivity index (χ1) is 16.9. The van der Waals surface area contributed by atoms with Crippen molar-refractivity contribution in [3.63, 3.8) is 0 Å². The largest absolute Gasteiger partial charge is 0.493 e. The van der Waals surface area contributed by atoms with Gasteiger partial charge in [-0.1, -0.05) is 37.3 Å². The van der Waals surface area contributed by atoms with Crippen molar-refractivity contribution in [2.24, 2.45) is 0 Å². The average molecular weight is 476 g/mol. The van der Waals surface area contributed by atoms with Crippen molar-refractivity contribution in [1.29, 1.82) is 0 Å². The second-order valence-electron chi connectivity index (χ2n) is 9.59. The molecule has 2 aromatic carbocycles. The van der Waals surface area contributed by atoms with E-state index < -0.39 is 5.54 Å². The average Bonchev–Trinajstić information content (AvgIpc) is 3.27. The van der Waals surface area contributed by atoms with Gasteiger partial charge in [-0.2, -0.15) is 0 Å². The fourth-order valence-corrected chi connectivity index (χ4v) is 5.75. The number of rotatable bonds is 6. The van der Waals surface area contributed by atoms with E-state index in [4.69, 9.17) is 9.47 Å². The lowest BCUT2D eigenvalue weighted by Gasteiger charge is -2.52. The van der Waals surface area contributed by atoms with Crippen molar-refractivity contribution in [3.05, 3.63) is 59.3 Å². The summed E-state index contributed by atoms with van der Waals surface area (Å²) in [5, 5.41) is 1.06. The van der Waals surface area contributed by atoms with Crippen LogP contribution < -0.4 is 9.47 Å². The normalized spacial score (nSPS) is 22.7. The van der Waals surface area contributed by atoms with E-state index in [0.29, 0.717) is 24.7 Å². The van der Waals surface area contributed by atoms with Gasteiger partial charge in [0.05, 0.1) is 19.4 Å². The zero-order chi connectivity index (χ0) is 24.9. The van der Waals surface area contributed by atoms with Crippen molar-refractivity contribution < 1.29 is 19.1 Å². The number of piperazine rings is 1. The van der Waals surface area contributed by atoms with Crippen LogP contribution in [0.4, 0.5) is 0 Å². The number of aromatic nitrogens is 1. The second kappa shape index (κ2) is 8.63. The van der Waals surface area contributed by atoms with Crippen LogP contribution in [0, 0.1) is 0 Å². The van der Waals surface area contributed by atoms with Gasteiger partial charge in [0.2, 0.25) is 5.91 Å². The quantitative estimate of drug-likeness (QED) is 0.573. The molecule has 0 unspecified atom stereocenters. The van der Waals surface area contributed by atoms with Crippen molar-refractivity contribution in [2.75, 3.05) is 26.8 Å². The molecule has 3 aromatic rings. The monoisotopic (exact) mass is 475 g/mol. The summed E-state index contributed by atoms with van der Waals surface area (Å²) < 4.78 is 11.7. The number of H-pyrrole nitrogens is 1. The number of carbonyl (C=O) groups excluding carboxylic acids is 2. The number of nitrogens with one attached hydrogen (secondary N) is 1. The summed E-state index contributed by atoms with van der Waals surface area (Å²) in [6.45, 7) is 8.86. The maximum Gasteiger partial charge on any atom is 0.255 e. The molecule has 5 rings (SSSR count). The fourth-order valence-electron chi connectivity index (χ4n) is 5.75. The fraction of sp³-hybridized carbons (Fsp3) is 0.429. The van der Waals surface area contributed by atoms with Gasteiger partial charge in [-0.15, -0.1) is 0 Å². The number of hydrogen-bond acceptors (Lipinski definition) is 4. The lowest BCUT2D eigenvalue weighted by molar-refractivity contribution is -0.168. The Morgan fingerprint density at radius 1 is 1.14 bits per heavy atom. The molecule has 35 heavy (non-hydrogen) atoms. The van der Waals surface area contributed by atoms with Crippen molar-refractivity contribution in [2.45, 2.75) is 51.6 Å². The molecule has 0 spiro atoms. The maximum absolute atomic E-state index is 14.0. The summed E-state index contributed by atoms with van der Waals surface area (Å²) in [6, 6.07) is 14.0. The summed E-state index contributed by atoms with van der Waals surface area (Å²) in [5.74, 6) is 1.08. The van der Waals surface area contributed by atoms with E-state index in [-0.39, 0.29) is 30.3 Å². The Kier molecular flexibility index (Phi) is 5.74. The minimum atomic E-state index is -1.10. The van der Waals surface area contributed by atoms with E-state index in [1.807, 2.05) is 64.1 Å². The van der Waals surface area contributed by atoms with Gasteiger partial charge >= 0.3 is 0 Å². The van der Waals surface area contributed by atoms with Crippen LogP contribution in [-0.2, 0) is 15.1 Å². The second-order valence-corrected chi connectivity index (χ2v) is 9.59. The standard InChI is InChI=1S/C28H33N3O4/c1-6-17(3)30-16-23(32)31-15-20(18-12-10-14-22(34-5)25(18)35-7-2)24-19-11-8-9-13-21(19)29-26(24)28(31,4)27(30)33/h8-14,17,20,29H,6-7,15-16H2,1-5H3/t17-,20-,28-/m0/s1. The molecule has 0 bridgehead atoms. The van der Waals surface area contributed by atoms with Crippen LogP contribution in [0.5, 0.6) is 11.5 Å². The molecule has 1 fully saturated rings. The molecule has 3 atom stereocenters. The Morgan fingerprint density at radius 3 is 2.63 bits per heavy atom. The van der Waals surface area contributed by atoms with Gasteiger partial charge in [0, 0.05) is 35.0 Å². The zero-order valence-electron chi connectivity index (χ0n) is 21.1. The van der Waals surface area contributed by atoms with E-state index in [2.05, 4.69) is 11.1 Å². The lowest BCUT2D eigenvalue weighted by atomic mass is 9.76. The Labute approximate surface area is 206 Å². The number of para-hydroxylation sites is 2. The number of methoxy groups -OCH3 is 1. The molecule has 1 aromatic heterocycles. The number of benzene rings is 2. The van der Waals surface area contributed by atoms with Crippen LogP contribution in [0.15, 0.2) is 42.5 Å². The summed E-state index contributed by atoms with van der Waals surface area (Å²) in [4.78, 5) is 34.7. The minimum Gasteiger partial charge on any atom is -0.493 e. The third-order valence-corrected chi connectivity index (χ3v) is 7.79. The van der Waals surface area contributed by atoms with E-state index in [0.717, 1.165) is 34.1 Å². The topological polar surface area (TPSA) is 74.9 Å². The van der Waals surface area contributed by atoms with E-state index in [1.54, 1.807) is 16.9 Å². The highest BCUT2D eigenvalue weighted by Crippen LogP contribution is 2.50. The predicted octanol–water partition coefficient (Wildman–Crippen LogP) is 4.41. The molecule has 1 N–H and O–H groups in total. The molecule has 3 heterocycles. The summed E-state index contributed by atoms with van der Waals surface area (Å²) in [6.07, 6.45) is 0.790. The zero-order valence-corrected chi connectivity index (χ0v) is 21.1. The third kappa shape index (κ3) is 3.32. The van der Waals surface area contributed by atoms with Crippen molar-refractivity contribution in [1.82, 2.24) is 14.8 Å². The number of ether oxygens (including phenoxy) is 2. The molecule has 0 aliphatic carbocycles. The molecule has 7 nitrogen and oxygen atoms in total. The molecule has 184 valence electrons. The Balaban J connectivity index is 1.78. The van der Waals surface area contributed by atoms with Crippen LogP contribution in [-0.4, -0.2) is 59.4 Å². The number of nitrogens with zero attached hydrogens (tertiary/aromatic N) is 2. The van der Waals surface area contributed by atoms with Gasteiger partial charge < -0.3 is 24.3 Å². The number of hydrogen-bond donors (Lipinski definition) is 1. The minimum absolute atomic E-state index is 0.0149. The SMILES string of the molecule is CCOc1c(OC)cccc1[C@@H]1CN2C(=O)CN([C@@H](C)CC)C(=O)[C@]2(C)c2[nH]c3ccccc3c21. The number of aromatic amines is 1. The van der Waals surface area contributed by atoms with Crippen LogP contribution in [0.25, 0.3) is 10.9 Å². The van der Waals surface area contributed by atoms with Gasteiger partial charge in [-0.05, 0) is 44.9 Å². The molecule has 0 saturated carbocycles. The Hall–Kier alpha value is -3.48. The van der Waals surface area contributed by atoms with Gasteiger partial charge in [-0.25, -0.2) is 0 Å². The number of amides is 2. The van der Waals surface area contributed by atoms with Gasteiger partial charge in [0.1, 0.15) is 6.54 Å². The molecule has 7 heteroatoms. The van der Waals surface area contributed by atoms with Gasteiger partial charge in [0.15, 0.2) is 17.0 Å². The Bertz CT molecular complexity index is 1300.